The molecule has 1 heterocycles. The molecule has 88 valence electrons. The van der Waals surface area contributed by atoms with Gasteiger partial charge in [-0.2, -0.15) is 0 Å². The van der Waals surface area contributed by atoms with Gasteiger partial charge >= 0.3 is 0 Å². The smallest absolute Gasteiger partial charge is 0.121 e. The molecule has 1 atom stereocenters. The molecule has 1 aromatic heterocycles. The van der Waals surface area contributed by atoms with Crippen LogP contribution in [-0.2, 0) is 0 Å². The highest BCUT2D eigenvalue weighted by Crippen LogP contribution is 2.23. The number of hydrogen-bond donors (Lipinski definition) is 1. The highest BCUT2D eigenvalue weighted by atomic mass is 16.3. The van der Waals surface area contributed by atoms with E-state index in [2.05, 4.69) is 24.9 Å². The predicted molar refractivity (Wildman–Crippen MR) is 68.8 cm³/mol. The number of pyridine rings is 1. The Bertz CT molecular complexity index is 479. The summed E-state index contributed by atoms with van der Waals surface area (Å²) in [6.45, 7) is 4.29. The third-order valence-corrected chi connectivity index (χ3v) is 2.86. The number of aliphatic hydroxyl groups is 1. The predicted octanol–water partition coefficient (Wildman–Crippen LogP) is 3.29. The second-order valence-electron chi connectivity index (χ2n) is 4.48. The van der Waals surface area contributed by atoms with Crippen LogP contribution in [-0.4, -0.2) is 10.1 Å². The minimum Gasteiger partial charge on any atom is -0.382 e. The van der Waals surface area contributed by atoms with E-state index in [9.17, 15) is 5.11 Å². The number of nitrogens with zero attached hydrogens (tertiary/aromatic N) is 1. The van der Waals surface area contributed by atoms with E-state index in [0.29, 0.717) is 11.6 Å². The van der Waals surface area contributed by atoms with Crippen LogP contribution in [0.25, 0.3) is 0 Å². The van der Waals surface area contributed by atoms with Crippen molar-refractivity contribution in [1.82, 2.24) is 4.98 Å². The minimum absolute atomic E-state index is 0.464. The lowest BCUT2D eigenvalue weighted by Gasteiger charge is -2.13. The summed E-state index contributed by atoms with van der Waals surface area (Å²) in [5.74, 6) is 0.464. The van der Waals surface area contributed by atoms with E-state index in [-0.39, 0.29) is 0 Å². The fraction of sp³-hybridized carbons (Fsp3) is 0.267. The Labute approximate surface area is 102 Å². The monoisotopic (exact) mass is 227 g/mol. The van der Waals surface area contributed by atoms with E-state index in [1.165, 1.54) is 5.56 Å². The number of rotatable bonds is 3. The van der Waals surface area contributed by atoms with Gasteiger partial charge in [0.2, 0.25) is 0 Å². The van der Waals surface area contributed by atoms with Crippen molar-refractivity contribution in [2.24, 2.45) is 0 Å². The highest BCUT2D eigenvalue weighted by Gasteiger charge is 2.12. The van der Waals surface area contributed by atoms with Gasteiger partial charge in [0.15, 0.2) is 0 Å². The first kappa shape index (κ1) is 11.8. The van der Waals surface area contributed by atoms with Gasteiger partial charge < -0.3 is 5.11 Å². The van der Waals surface area contributed by atoms with E-state index >= 15 is 0 Å². The quantitative estimate of drug-likeness (QED) is 0.872. The Morgan fingerprint density at radius 1 is 1.00 bits per heavy atom. The van der Waals surface area contributed by atoms with Crippen LogP contribution in [0.15, 0.2) is 48.7 Å². The molecule has 0 aliphatic carbocycles. The Hall–Kier alpha value is -1.67. The topological polar surface area (TPSA) is 33.1 Å². The van der Waals surface area contributed by atoms with E-state index in [1.807, 2.05) is 36.4 Å². The third kappa shape index (κ3) is 2.71. The summed E-state index contributed by atoms with van der Waals surface area (Å²) < 4.78 is 0. The zero-order valence-corrected chi connectivity index (χ0v) is 10.2. The Kier molecular flexibility index (Phi) is 3.55. The first-order chi connectivity index (χ1) is 8.18. The van der Waals surface area contributed by atoms with Gasteiger partial charge in [-0.15, -0.1) is 0 Å². The number of aliphatic hydroxyl groups excluding tert-OH is 1. The van der Waals surface area contributed by atoms with E-state index in [0.717, 1.165) is 5.56 Å². The van der Waals surface area contributed by atoms with Crippen LogP contribution in [0.3, 0.4) is 0 Å². The molecule has 2 aromatic rings. The fourth-order valence-electron chi connectivity index (χ4n) is 1.80. The van der Waals surface area contributed by atoms with Gasteiger partial charge in [-0.3, -0.25) is 4.98 Å². The summed E-state index contributed by atoms with van der Waals surface area (Å²) in [5.41, 5.74) is 2.82. The fourth-order valence-corrected chi connectivity index (χ4v) is 1.80. The molecule has 0 amide bonds. The lowest BCUT2D eigenvalue weighted by atomic mass is 9.97. The molecular weight excluding hydrogens is 210 g/mol. The molecule has 0 bridgehead atoms. The average molecular weight is 227 g/mol. The molecule has 0 fully saturated rings. The van der Waals surface area contributed by atoms with Gasteiger partial charge in [-0.05, 0) is 29.2 Å². The van der Waals surface area contributed by atoms with Crippen molar-refractivity contribution in [3.63, 3.8) is 0 Å². The Morgan fingerprint density at radius 3 is 2.41 bits per heavy atom. The molecule has 0 saturated carbocycles. The van der Waals surface area contributed by atoms with Crippen LogP contribution in [0.2, 0.25) is 0 Å². The maximum absolute atomic E-state index is 10.2. The zero-order chi connectivity index (χ0) is 12.3. The molecule has 2 heteroatoms. The molecule has 1 aromatic carbocycles. The molecule has 0 spiro atoms. The van der Waals surface area contributed by atoms with Crippen molar-refractivity contribution >= 4 is 0 Å². The van der Waals surface area contributed by atoms with Crippen molar-refractivity contribution in [3.8, 4) is 0 Å². The minimum atomic E-state index is -0.644. The normalized spacial score (nSPS) is 12.7. The maximum Gasteiger partial charge on any atom is 0.121 e. The second-order valence-corrected chi connectivity index (χ2v) is 4.48. The molecule has 1 N–H and O–H groups in total. The van der Waals surface area contributed by atoms with Crippen molar-refractivity contribution in [2.75, 3.05) is 0 Å². The van der Waals surface area contributed by atoms with Crippen LogP contribution in [0, 0.1) is 0 Å². The molecule has 0 radical (unpaired) electrons. The summed E-state index contributed by atoms with van der Waals surface area (Å²) in [6.07, 6.45) is 1.06. The summed E-state index contributed by atoms with van der Waals surface area (Å²) in [6, 6.07) is 13.6. The summed E-state index contributed by atoms with van der Waals surface area (Å²) >= 11 is 0. The van der Waals surface area contributed by atoms with Gasteiger partial charge in [0.1, 0.15) is 6.10 Å². The third-order valence-electron chi connectivity index (χ3n) is 2.86. The van der Waals surface area contributed by atoms with Gasteiger partial charge in [-0.1, -0.05) is 44.2 Å². The van der Waals surface area contributed by atoms with Crippen molar-refractivity contribution < 1.29 is 5.11 Å². The summed E-state index contributed by atoms with van der Waals surface area (Å²) in [7, 11) is 0. The molecule has 0 aliphatic heterocycles. The van der Waals surface area contributed by atoms with E-state index < -0.39 is 6.10 Å². The molecule has 1 unspecified atom stereocenters. The molecule has 0 aliphatic rings. The average Bonchev–Trinajstić information content (AvgIpc) is 2.39. The van der Waals surface area contributed by atoms with Crippen LogP contribution in [0.5, 0.6) is 0 Å². The molecule has 2 nitrogen and oxygen atoms in total. The summed E-state index contributed by atoms with van der Waals surface area (Å²) in [4.78, 5) is 4.18. The van der Waals surface area contributed by atoms with E-state index in [4.69, 9.17) is 0 Å². The number of benzene rings is 1. The highest BCUT2D eigenvalue weighted by molar-refractivity contribution is 5.31. The van der Waals surface area contributed by atoms with Crippen LogP contribution in [0.4, 0.5) is 0 Å². The summed E-state index contributed by atoms with van der Waals surface area (Å²) in [5, 5.41) is 10.2. The van der Waals surface area contributed by atoms with Crippen molar-refractivity contribution in [1.29, 1.82) is 0 Å². The number of aromatic nitrogens is 1. The first-order valence-electron chi connectivity index (χ1n) is 5.87. The Balaban J connectivity index is 2.31. The molecule has 0 saturated heterocycles. The molecule has 17 heavy (non-hydrogen) atoms. The van der Waals surface area contributed by atoms with Gasteiger partial charge in [-0.25, -0.2) is 0 Å². The van der Waals surface area contributed by atoms with Crippen LogP contribution >= 0.6 is 0 Å². The zero-order valence-electron chi connectivity index (χ0n) is 10.2. The van der Waals surface area contributed by atoms with Crippen molar-refractivity contribution in [2.45, 2.75) is 25.9 Å². The molecular formula is C15H17NO. The van der Waals surface area contributed by atoms with Gasteiger partial charge in [0.25, 0.3) is 0 Å². The van der Waals surface area contributed by atoms with Gasteiger partial charge in [0, 0.05) is 6.20 Å². The van der Waals surface area contributed by atoms with E-state index in [1.54, 1.807) is 6.20 Å². The van der Waals surface area contributed by atoms with Crippen molar-refractivity contribution in [3.05, 3.63) is 65.5 Å². The maximum atomic E-state index is 10.2. The molecule has 2 rings (SSSR count). The SMILES string of the molecule is CC(C)c1cccc(C(O)c2ccccn2)c1. The Morgan fingerprint density at radius 2 is 1.76 bits per heavy atom. The lowest BCUT2D eigenvalue weighted by molar-refractivity contribution is 0.215. The van der Waals surface area contributed by atoms with Gasteiger partial charge in [0.05, 0.1) is 5.69 Å². The largest absolute Gasteiger partial charge is 0.382 e. The standard InChI is InChI=1S/C15H17NO/c1-11(2)12-6-5-7-13(10-12)15(17)14-8-3-4-9-16-14/h3-11,15,17H,1-2H3. The number of hydrogen-bond acceptors (Lipinski definition) is 2. The second kappa shape index (κ2) is 5.11. The lowest BCUT2D eigenvalue weighted by Crippen LogP contribution is -2.02. The van der Waals surface area contributed by atoms with Crippen LogP contribution in [0.1, 0.15) is 42.7 Å². The van der Waals surface area contributed by atoms with Crippen LogP contribution < -0.4 is 0 Å². The first-order valence-corrected chi connectivity index (χ1v) is 5.87.